The number of anilines is 1. The standard InChI is InChI=1S/C26H28N4O6/c1-32-18-10-9-14(11-19(18)33-2)25-28-26-27-16-7-6-8-17(31)22(16)23(30(26)29-25)15-12-20(34-3)24(36-5)21(13-15)35-4/h9-13,23H,6-8H2,1-5H3,(H,27,28,29)/t23-/m1/s1. The Kier molecular flexibility index (Phi) is 6.17. The lowest BCUT2D eigenvalue weighted by atomic mass is 9.85. The summed E-state index contributed by atoms with van der Waals surface area (Å²) in [6.45, 7) is 0. The highest BCUT2D eigenvalue weighted by Gasteiger charge is 2.38. The van der Waals surface area contributed by atoms with Gasteiger partial charge in [0, 0.05) is 23.3 Å². The summed E-state index contributed by atoms with van der Waals surface area (Å²) in [6.07, 6.45) is 2.01. The summed E-state index contributed by atoms with van der Waals surface area (Å²) in [5, 5.41) is 8.19. The maximum atomic E-state index is 13.2. The first kappa shape index (κ1) is 23.5. The predicted molar refractivity (Wildman–Crippen MR) is 132 cm³/mol. The molecule has 10 nitrogen and oxygen atoms in total. The van der Waals surface area contributed by atoms with Gasteiger partial charge in [0.2, 0.25) is 11.7 Å². The van der Waals surface area contributed by atoms with E-state index in [2.05, 4.69) is 5.32 Å². The second-order valence-corrected chi connectivity index (χ2v) is 8.43. The van der Waals surface area contributed by atoms with Crippen LogP contribution in [0.25, 0.3) is 11.4 Å². The maximum absolute atomic E-state index is 13.2. The van der Waals surface area contributed by atoms with Crippen LogP contribution < -0.4 is 29.0 Å². The number of hydrogen-bond acceptors (Lipinski definition) is 9. The molecule has 36 heavy (non-hydrogen) atoms. The summed E-state index contributed by atoms with van der Waals surface area (Å²) in [5.74, 6) is 3.78. The van der Waals surface area contributed by atoms with E-state index in [9.17, 15) is 4.79 Å². The van der Waals surface area contributed by atoms with Crippen LogP contribution in [0.4, 0.5) is 5.95 Å². The van der Waals surface area contributed by atoms with Crippen molar-refractivity contribution in [3.8, 4) is 40.1 Å². The van der Waals surface area contributed by atoms with Crippen molar-refractivity contribution < 1.29 is 28.5 Å². The molecule has 0 bridgehead atoms. The van der Waals surface area contributed by atoms with Crippen molar-refractivity contribution in [1.29, 1.82) is 0 Å². The lowest BCUT2D eigenvalue weighted by Gasteiger charge is -2.32. The van der Waals surface area contributed by atoms with E-state index in [0.717, 1.165) is 29.7 Å². The molecular formula is C26H28N4O6. The van der Waals surface area contributed by atoms with Crippen molar-refractivity contribution in [2.24, 2.45) is 0 Å². The molecule has 0 fully saturated rings. The second-order valence-electron chi connectivity index (χ2n) is 8.43. The lowest BCUT2D eigenvalue weighted by molar-refractivity contribution is -0.116. The van der Waals surface area contributed by atoms with Crippen molar-refractivity contribution in [2.75, 3.05) is 40.9 Å². The van der Waals surface area contributed by atoms with Gasteiger partial charge in [0.15, 0.2) is 34.6 Å². The molecule has 0 spiro atoms. The van der Waals surface area contributed by atoms with Crippen LogP contribution in [0.5, 0.6) is 28.7 Å². The minimum absolute atomic E-state index is 0.0799. The first-order valence-electron chi connectivity index (χ1n) is 11.5. The molecule has 0 unspecified atom stereocenters. The first-order valence-corrected chi connectivity index (χ1v) is 11.5. The van der Waals surface area contributed by atoms with Crippen molar-refractivity contribution in [3.63, 3.8) is 0 Å². The van der Waals surface area contributed by atoms with E-state index < -0.39 is 6.04 Å². The number of nitrogens with one attached hydrogen (secondary N) is 1. The molecule has 0 saturated carbocycles. The normalized spacial score (nSPS) is 16.6. The van der Waals surface area contributed by atoms with Gasteiger partial charge in [-0.05, 0) is 48.7 Å². The topological polar surface area (TPSA) is 106 Å². The van der Waals surface area contributed by atoms with E-state index in [0.29, 0.717) is 52.5 Å². The molecule has 5 rings (SSSR count). The molecular weight excluding hydrogens is 464 g/mol. The molecule has 1 atom stereocenters. The van der Waals surface area contributed by atoms with Gasteiger partial charge in [-0.1, -0.05) is 0 Å². The minimum Gasteiger partial charge on any atom is -0.493 e. The number of fused-ring (bicyclic) bond motifs is 1. The Morgan fingerprint density at radius 1 is 0.861 bits per heavy atom. The summed E-state index contributed by atoms with van der Waals surface area (Å²) in [5.41, 5.74) is 3.07. The number of carbonyl (C=O) groups is 1. The Bertz CT molecular complexity index is 1340. The molecule has 2 heterocycles. The highest BCUT2D eigenvalue weighted by molar-refractivity contribution is 5.99. The molecule has 0 radical (unpaired) electrons. The van der Waals surface area contributed by atoms with Crippen LogP contribution in [-0.4, -0.2) is 56.1 Å². The van der Waals surface area contributed by atoms with Crippen molar-refractivity contribution in [2.45, 2.75) is 25.3 Å². The number of ether oxygens (including phenoxy) is 5. The van der Waals surface area contributed by atoms with E-state index in [-0.39, 0.29) is 5.78 Å². The number of benzene rings is 2. The maximum Gasteiger partial charge on any atom is 0.226 e. The van der Waals surface area contributed by atoms with Crippen LogP contribution in [0.15, 0.2) is 41.6 Å². The first-order chi connectivity index (χ1) is 17.5. The Balaban J connectivity index is 1.69. The van der Waals surface area contributed by atoms with E-state index in [1.165, 1.54) is 0 Å². The third kappa shape index (κ3) is 3.78. The number of nitrogens with zero attached hydrogens (tertiary/aromatic N) is 3. The van der Waals surface area contributed by atoms with Gasteiger partial charge < -0.3 is 29.0 Å². The summed E-state index contributed by atoms with van der Waals surface area (Å²) < 4.78 is 29.2. The van der Waals surface area contributed by atoms with Crippen molar-refractivity contribution in [1.82, 2.24) is 14.8 Å². The summed E-state index contributed by atoms with van der Waals surface area (Å²) in [6, 6.07) is 8.70. The van der Waals surface area contributed by atoms with Gasteiger partial charge in [0.1, 0.15) is 6.04 Å². The van der Waals surface area contributed by atoms with E-state index in [1.54, 1.807) is 40.2 Å². The van der Waals surface area contributed by atoms with Gasteiger partial charge in [-0.25, -0.2) is 4.68 Å². The predicted octanol–water partition coefficient (Wildman–Crippen LogP) is 4.01. The SMILES string of the molecule is COc1ccc(-c2nc3n(n2)[C@H](c2cc(OC)c(OC)c(OC)c2)C2=C(CCCC2=O)N3)cc1OC. The van der Waals surface area contributed by atoms with Crippen molar-refractivity contribution in [3.05, 3.63) is 47.2 Å². The van der Waals surface area contributed by atoms with Crippen molar-refractivity contribution >= 4 is 11.7 Å². The molecule has 1 aliphatic carbocycles. The highest BCUT2D eigenvalue weighted by Crippen LogP contribution is 2.46. The largest absolute Gasteiger partial charge is 0.493 e. The molecule has 0 amide bonds. The number of Topliss-reactive ketones (excluding diaryl/α,β-unsaturated/α-hetero) is 1. The monoisotopic (exact) mass is 492 g/mol. The smallest absolute Gasteiger partial charge is 0.226 e. The van der Waals surface area contributed by atoms with Gasteiger partial charge in [-0.3, -0.25) is 4.79 Å². The zero-order valence-electron chi connectivity index (χ0n) is 20.9. The number of rotatable bonds is 7. The molecule has 1 N–H and O–H groups in total. The fraction of sp³-hybridized carbons (Fsp3) is 0.346. The molecule has 0 saturated heterocycles. The van der Waals surface area contributed by atoms with Crippen LogP contribution >= 0.6 is 0 Å². The second kappa shape index (κ2) is 9.44. The third-order valence-corrected chi connectivity index (χ3v) is 6.51. The zero-order chi connectivity index (χ0) is 25.4. The molecule has 2 aliphatic rings. The van der Waals surface area contributed by atoms with E-state index in [4.69, 9.17) is 33.8 Å². The van der Waals surface area contributed by atoms with Crippen LogP contribution in [0.3, 0.4) is 0 Å². The molecule has 1 aliphatic heterocycles. The number of aromatic nitrogens is 3. The Hall–Kier alpha value is -4.21. The van der Waals surface area contributed by atoms with Gasteiger partial charge in [-0.15, -0.1) is 5.10 Å². The average Bonchev–Trinajstić information content (AvgIpc) is 3.34. The van der Waals surface area contributed by atoms with Crippen LogP contribution in [0.2, 0.25) is 0 Å². The fourth-order valence-corrected chi connectivity index (χ4v) is 4.82. The highest BCUT2D eigenvalue weighted by atomic mass is 16.5. The van der Waals surface area contributed by atoms with E-state index >= 15 is 0 Å². The van der Waals surface area contributed by atoms with Crippen LogP contribution in [0.1, 0.15) is 30.9 Å². The lowest BCUT2D eigenvalue weighted by Crippen LogP contribution is -2.31. The molecule has 2 aromatic carbocycles. The number of hydrogen-bond donors (Lipinski definition) is 1. The molecule has 3 aromatic rings. The number of methoxy groups -OCH3 is 5. The summed E-state index contributed by atoms with van der Waals surface area (Å²) in [7, 11) is 7.86. The fourth-order valence-electron chi connectivity index (χ4n) is 4.82. The molecule has 188 valence electrons. The molecule has 1 aromatic heterocycles. The summed E-state index contributed by atoms with van der Waals surface area (Å²) in [4.78, 5) is 18.0. The third-order valence-electron chi connectivity index (χ3n) is 6.51. The zero-order valence-corrected chi connectivity index (χ0v) is 20.9. The van der Waals surface area contributed by atoms with Crippen LogP contribution in [0, 0.1) is 0 Å². The Morgan fingerprint density at radius 3 is 2.19 bits per heavy atom. The minimum atomic E-state index is -0.515. The number of ketones is 1. The van der Waals surface area contributed by atoms with Gasteiger partial charge in [0.05, 0.1) is 35.5 Å². The van der Waals surface area contributed by atoms with Crippen LogP contribution in [-0.2, 0) is 4.79 Å². The van der Waals surface area contributed by atoms with E-state index in [1.807, 2.05) is 30.3 Å². The average molecular weight is 493 g/mol. The Morgan fingerprint density at radius 2 is 1.56 bits per heavy atom. The Labute approximate surface area is 208 Å². The number of carbonyl (C=O) groups excluding carboxylic acids is 1. The molecule has 10 heteroatoms. The number of allylic oxidation sites excluding steroid dienone is 2. The van der Waals surface area contributed by atoms with Gasteiger partial charge >= 0.3 is 0 Å². The van der Waals surface area contributed by atoms with Gasteiger partial charge in [-0.2, -0.15) is 4.98 Å². The summed E-state index contributed by atoms with van der Waals surface area (Å²) >= 11 is 0. The quantitative estimate of drug-likeness (QED) is 0.524. The van der Waals surface area contributed by atoms with Gasteiger partial charge in [0.25, 0.3) is 0 Å².